The van der Waals surface area contributed by atoms with E-state index in [4.69, 9.17) is 20.6 Å². The fourth-order valence-electron chi connectivity index (χ4n) is 2.30. The van der Waals surface area contributed by atoms with Crippen LogP contribution >= 0.6 is 12.4 Å². The molecule has 9 nitrogen and oxygen atoms in total. The Morgan fingerprint density at radius 3 is 2.62 bits per heavy atom. The quantitative estimate of drug-likeness (QED) is 0.314. The van der Waals surface area contributed by atoms with Crippen LogP contribution in [-0.2, 0) is 0 Å². The number of aromatic nitrogens is 2. The minimum Gasteiger partial charge on any atom is -0.489 e. The summed E-state index contributed by atoms with van der Waals surface area (Å²) >= 11 is 0. The van der Waals surface area contributed by atoms with Gasteiger partial charge in [-0.1, -0.05) is 12.1 Å². The molecule has 0 aliphatic heterocycles. The zero-order valence-electron chi connectivity index (χ0n) is 16.5. The molecule has 1 aromatic carbocycles. The molecule has 0 aliphatic carbocycles. The van der Waals surface area contributed by atoms with Gasteiger partial charge in [-0.15, -0.1) is 22.6 Å². The van der Waals surface area contributed by atoms with Gasteiger partial charge in [-0.25, -0.2) is 5.84 Å². The van der Waals surface area contributed by atoms with Crippen molar-refractivity contribution in [2.45, 2.75) is 31.9 Å². The topological polar surface area (TPSA) is 138 Å². The predicted molar refractivity (Wildman–Crippen MR) is 112 cm³/mol. The van der Waals surface area contributed by atoms with E-state index in [1.165, 1.54) is 0 Å². The summed E-state index contributed by atoms with van der Waals surface area (Å²) in [7, 11) is 0. The summed E-state index contributed by atoms with van der Waals surface area (Å²) in [6, 6.07) is 12.4. The van der Waals surface area contributed by atoms with Crippen LogP contribution in [0.2, 0.25) is 0 Å². The zero-order valence-corrected chi connectivity index (χ0v) is 17.3. The number of nitriles is 1. The number of aliphatic hydroxyl groups is 1. The molecular formula is C19H27ClN6O3. The van der Waals surface area contributed by atoms with Gasteiger partial charge in [-0.05, 0) is 38.5 Å². The third-order valence-corrected chi connectivity index (χ3v) is 4.02. The number of hydrogen-bond donors (Lipinski definition) is 4. The number of nitrogens with one attached hydrogen (secondary N) is 2. The first kappa shape index (κ1) is 24.4. The number of ether oxygens (including phenoxy) is 2. The van der Waals surface area contributed by atoms with Crippen LogP contribution < -0.4 is 26.1 Å². The van der Waals surface area contributed by atoms with E-state index in [0.29, 0.717) is 42.6 Å². The van der Waals surface area contributed by atoms with Crippen LogP contribution in [0.4, 0.5) is 5.82 Å². The molecule has 1 aromatic heterocycles. The fourth-order valence-corrected chi connectivity index (χ4v) is 2.30. The van der Waals surface area contributed by atoms with E-state index in [2.05, 4.69) is 27.0 Å². The van der Waals surface area contributed by atoms with Crippen LogP contribution in [-0.4, -0.2) is 46.7 Å². The molecule has 2 rings (SSSR count). The van der Waals surface area contributed by atoms with Crippen LogP contribution in [0, 0.1) is 11.3 Å². The van der Waals surface area contributed by atoms with Crippen LogP contribution in [0.15, 0.2) is 36.4 Å². The number of hydrazine groups is 1. The first-order valence-electron chi connectivity index (χ1n) is 8.91. The van der Waals surface area contributed by atoms with E-state index in [9.17, 15) is 5.11 Å². The highest BCUT2D eigenvalue weighted by Crippen LogP contribution is 2.17. The standard InChI is InChI=1S/C19H26N6O3.ClH/c1-19(2,9-10-27-18-8-7-17(23-21)24-25-18)22-12-15(26)13-28-16-6-4-3-5-14(16)11-20;/h3-8,15,22,26H,9-10,12-13,21H2,1-2H3,(H,23,24);1H. The monoisotopic (exact) mass is 422 g/mol. The van der Waals surface area contributed by atoms with Crippen LogP contribution in [0.1, 0.15) is 25.8 Å². The van der Waals surface area contributed by atoms with Crippen molar-refractivity contribution in [2.75, 3.05) is 25.2 Å². The lowest BCUT2D eigenvalue weighted by Gasteiger charge is -2.27. The molecule has 0 fully saturated rings. The summed E-state index contributed by atoms with van der Waals surface area (Å²) in [5.74, 6) is 6.58. The highest BCUT2D eigenvalue weighted by molar-refractivity contribution is 5.85. The number of anilines is 1. The minimum absolute atomic E-state index is 0. The molecule has 0 saturated heterocycles. The molecule has 2 aromatic rings. The second kappa shape index (κ2) is 12.0. The Bertz CT molecular complexity index is 782. The SMILES string of the molecule is CC(C)(CCOc1ccc(NN)nn1)NCC(O)COc1ccccc1C#N.Cl. The van der Waals surface area contributed by atoms with Gasteiger partial charge in [0.25, 0.3) is 0 Å². The summed E-state index contributed by atoms with van der Waals surface area (Å²) in [6.45, 7) is 4.91. The average Bonchev–Trinajstić information content (AvgIpc) is 2.71. The van der Waals surface area contributed by atoms with E-state index in [-0.39, 0.29) is 24.6 Å². The number of nitrogens with zero attached hydrogens (tertiary/aromatic N) is 3. The number of para-hydroxylation sites is 1. The van der Waals surface area contributed by atoms with E-state index >= 15 is 0 Å². The van der Waals surface area contributed by atoms with Gasteiger partial charge in [0.05, 0.1) is 12.2 Å². The third kappa shape index (κ3) is 8.50. The van der Waals surface area contributed by atoms with E-state index in [1.54, 1.807) is 36.4 Å². The molecule has 1 heterocycles. The van der Waals surface area contributed by atoms with Gasteiger partial charge < -0.3 is 25.3 Å². The number of hydrogen-bond acceptors (Lipinski definition) is 9. The van der Waals surface area contributed by atoms with Crippen molar-refractivity contribution in [1.29, 1.82) is 5.26 Å². The molecule has 0 bridgehead atoms. The van der Waals surface area contributed by atoms with Crippen molar-refractivity contribution in [2.24, 2.45) is 5.84 Å². The van der Waals surface area contributed by atoms with Gasteiger partial charge in [0.15, 0.2) is 5.82 Å². The molecule has 0 amide bonds. The number of β-amino-alcohol motifs (C(OH)–C–C–N with tert-alkyl or cyclic N) is 1. The number of halogens is 1. The molecule has 0 spiro atoms. The Labute approximate surface area is 176 Å². The molecule has 1 unspecified atom stereocenters. The van der Waals surface area contributed by atoms with Gasteiger partial charge in [-0.2, -0.15) is 5.26 Å². The third-order valence-electron chi connectivity index (χ3n) is 4.02. The van der Waals surface area contributed by atoms with Gasteiger partial charge in [-0.3, -0.25) is 0 Å². The van der Waals surface area contributed by atoms with Gasteiger partial charge in [0, 0.05) is 18.2 Å². The van der Waals surface area contributed by atoms with Crippen molar-refractivity contribution >= 4 is 18.2 Å². The van der Waals surface area contributed by atoms with Crippen LogP contribution in [0.25, 0.3) is 0 Å². The molecule has 0 aliphatic rings. The highest BCUT2D eigenvalue weighted by Gasteiger charge is 2.19. The molecule has 29 heavy (non-hydrogen) atoms. The molecular weight excluding hydrogens is 396 g/mol. The van der Waals surface area contributed by atoms with E-state index in [1.807, 2.05) is 13.8 Å². The van der Waals surface area contributed by atoms with Crippen molar-refractivity contribution in [3.63, 3.8) is 0 Å². The maximum absolute atomic E-state index is 10.2. The summed E-state index contributed by atoms with van der Waals surface area (Å²) in [5, 5.41) is 30.2. The van der Waals surface area contributed by atoms with Crippen molar-refractivity contribution in [1.82, 2.24) is 15.5 Å². The maximum Gasteiger partial charge on any atom is 0.233 e. The molecule has 5 N–H and O–H groups in total. The lowest BCUT2D eigenvalue weighted by molar-refractivity contribution is 0.0962. The van der Waals surface area contributed by atoms with E-state index < -0.39 is 6.10 Å². The second-order valence-electron chi connectivity index (χ2n) is 6.84. The molecule has 0 saturated carbocycles. The maximum atomic E-state index is 10.2. The molecule has 10 heteroatoms. The summed E-state index contributed by atoms with van der Waals surface area (Å²) in [6.07, 6.45) is -0.0229. The Morgan fingerprint density at radius 2 is 1.97 bits per heavy atom. The number of aliphatic hydroxyl groups excluding tert-OH is 1. The normalized spacial score (nSPS) is 11.7. The van der Waals surface area contributed by atoms with Crippen molar-refractivity contribution in [3.05, 3.63) is 42.0 Å². The van der Waals surface area contributed by atoms with Gasteiger partial charge in [0.2, 0.25) is 5.88 Å². The Morgan fingerprint density at radius 1 is 1.21 bits per heavy atom. The Hall–Kier alpha value is -2.64. The molecule has 158 valence electrons. The number of nitrogen functional groups attached to an aromatic ring is 1. The lowest BCUT2D eigenvalue weighted by Crippen LogP contribution is -2.45. The average molecular weight is 423 g/mol. The fraction of sp³-hybridized carbons (Fsp3) is 0.421. The smallest absolute Gasteiger partial charge is 0.233 e. The van der Waals surface area contributed by atoms with Gasteiger partial charge in [0.1, 0.15) is 24.5 Å². The number of nitrogens with two attached hydrogens (primary N) is 1. The largest absolute Gasteiger partial charge is 0.489 e. The van der Waals surface area contributed by atoms with Crippen LogP contribution in [0.3, 0.4) is 0 Å². The minimum atomic E-state index is -0.714. The van der Waals surface area contributed by atoms with Crippen LogP contribution in [0.5, 0.6) is 11.6 Å². The first-order chi connectivity index (χ1) is 13.4. The van der Waals surface area contributed by atoms with E-state index in [0.717, 1.165) is 0 Å². The highest BCUT2D eigenvalue weighted by atomic mass is 35.5. The van der Waals surface area contributed by atoms with Crippen molar-refractivity contribution < 1.29 is 14.6 Å². The summed E-state index contributed by atoms with van der Waals surface area (Å²) < 4.78 is 11.1. The first-order valence-corrected chi connectivity index (χ1v) is 8.91. The van der Waals surface area contributed by atoms with Crippen molar-refractivity contribution in [3.8, 4) is 17.7 Å². The Kier molecular flexibility index (Phi) is 10.1. The second-order valence-corrected chi connectivity index (χ2v) is 6.84. The number of rotatable bonds is 11. The number of benzene rings is 1. The summed E-state index contributed by atoms with van der Waals surface area (Å²) in [4.78, 5) is 0. The molecule has 1 atom stereocenters. The predicted octanol–water partition coefficient (Wildman–Crippen LogP) is 1.63. The Balaban J connectivity index is 0.00000420. The lowest BCUT2D eigenvalue weighted by atomic mass is 10.0. The van der Waals surface area contributed by atoms with Gasteiger partial charge >= 0.3 is 0 Å². The summed E-state index contributed by atoms with van der Waals surface area (Å²) in [5.41, 5.74) is 2.58. The zero-order chi connectivity index (χ0) is 20.4. The molecule has 0 radical (unpaired) electrons.